The van der Waals surface area contributed by atoms with Crippen LogP contribution in [0, 0.1) is 17.8 Å². The molecule has 0 radical (unpaired) electrons. The summed E-state index contributed by atoms with van der Waals surface area (Å²) in [5, 5.41) is 7.88. The molecule has 0 bridgehead atoms. The van der Waals surface area contributed by atoms with Crippen molar-refractivity contribution in [1.29, 1.82) is 0 Å². The van der Waals surface area contributed by atoms with Gasteiger partial charge in [-0.05, 0) is 68.2 Å². The Hall–Kier alpha value is -4.49. The molecular formula is C32H36F3N5O6. The van der Waals surface area contributed by atoms with Crippen molar-refractivity contribution in [3.63, 3.8) is 0 Å². The Bertz CT molecular complexity index is 1470. The molecular weight excluding hydrogens is 607 g/mol. The van der Waals surface area contributed by atoms with E-state index in [1.165, 1.54) is 11.0 Å². The van der Waals surface area contributed by atoms with E-state index >= 15 is 0 Å². The largest absolute Gasteiger partial charge is 0.484 e. The van der Waals surface area contributed by atoms with Crippen molar-refractivity contribution in [3.8, 4) is 16.9 Å². The molecule has 5 atom stereocenters. The molecule has 1 aliphatic carbocycles. The number of hydrogen-bond acceptors (Lipinski definition) is 7. The maximum Gasteiger partial charge on any atom is 0.433 e. The van der Waals surface area contributed by atoms with Crippen LogP contribution in [0.25, 0.3) is 11.1 Å². The van der Waals surface area contributed by atoms with Crippen LogP contribution in [-0.4, -0.2) is 77.6 Å². The summed E-state index contributed by atoms with van der Waals surface area (Å²) in [7, 11) is 0. The number of nitrogens with one attached hydrogen (secondary N) is 3. The highest BCUT2D eigenvalue weighted by molar-refractivity contribution is 6.38. The van der Waals surface area contributed by atoms with Crippen LogP contribution >= 0.6 is 0 Å². The van der Waals surface area contributed by atoms with Crippen molar-refractivity contribution < 1.29 is 41.9 Å². The summed E-state index contributed by atoms with van der Waals surface area (Å²) in [4.78, 5) is 69.9. The number of fused-ring (bicyclic) bond motifs is 1. The zero-order chi connectivity index (χ0) is 33.0. The fourth-order valence-electron chi connectivity index (χ4n) is 6.65. The lowest BCUT2D eigenvalue weighted by Crippen LogP contribution is -2.55. The van der Waals surface area contributed by atoms with Crippen molar-refractivity contribution >= 4 is 29.4 Å². The SMILES string of the molecule is CCNC(=O)C(=O)[C@H](C[C@@H]1CCNC1=O)NC(=O)[C@@H]1[C@H]2CCC[C@H]2CN1C(=O)COc1ccc(-c2ccc(C(F)(F)F)nc2)cc1. The summed E-state index contributed by atoms with van der Waals surface area (Å²) in [6.45, 7) is 2.32. The molecule has 2 aliphatic heterocycles. The van der Waals surface area contributed by atoms with E-state index < -0.39 is 53.4 Å². The maximum atomic E-state index is 13.8. The van der Waals surface area contributed by atoms with Crippen LogP contribution < -0.4 is 20.7 Å². The number of carbonyl (C=O) groups excluding carboxylic acids is 5. The molecule has 246 valence electrons. The molecule has 1 aromatic heterocycles. The summed E-state index contributed by atoms with van der Waals surface area (Å²) in [5.41, 5.74) is 0.0968. The number of hydrogen-bond donors (Lipinski definition) is 3. The molecule has 1 saturated carbocycles. The minimum Gasteiger partial charge on any atom is -0.484 e. The smallest absolute Gasteiger partial charge is 0.433 e. The Morgan fingerprint density at radius 1 is 1.07 bits per heavy atom. The van der Waals surface area contributed by atoms with Crippen LogP contribution in [0.15, 0.2) is 42.6 Å². The number of amides is 4. The van der Waals surface area contributed by atoms with Gasteiger partial charge in [0.05, 0.1) is 6.04 Å². The van der Waals surface area contributed by atoms with E-state index in [-0.39, 0.29) is 37.3 Å². The van der Waals surface area contributed by atoms with Gasteiger partial charge in [-0.15, -0.1) is 0 Å². The Labute approximate surface area is 263 Å². The van der Waals surface area contributed by atoms with Crippen molar-refractivity contribution in [2.75, 3.05) is 26.2 Å². The number of nitrogens with zero attached hydrogens (tertiary/aromatic N) is 2. The molecule has 4 amide bonds. The van der Waals surface area contributed by atoms with Gasteiger partial charge in [0.1, 0.15) is 17.5 Å². The van der Waals surface area contributed by atoms with E-state index in [0.29, 0.717) is 36.4 Å². The third-order valence-electron chi connectivity index (χ3n) is 8.96. The fourth-order valence-corrected chi connectivity index (χ4v) is 6.65. The van der Waals surface area contributed by atoms with E-state index in [2.05, 4.69) is 20.9 Å². The second kappa shape index (κ2) is 13.9. The van der Waals surface area contributed by atoms with Crippen LogP contribution in [-0.2, 0) is 30.1 Å². The number of ketones is 1. The van der Waals surface area contributed by atoms with Gasteiger partial charge in [-0.1, -0.05) is 24.6 Å². The number of benzene rings is 1. The zero-order valence-corrected chi connectivity index (χ0v) is 25.3. The number of likely N-dealkylation sites (N-methyl/N-ethyl adjacent to an activating group) is 1. The first-order valence-corrected chi connectivity index (χ1v) is 15.4. The molecule has 3 fully saturated rings. The number of ether oxygens (including phenoxy) is 1. The van der Waals surface area contributed by atoms with Crippen LogP contribution in [0.1, 0.15) is 44.7 Å². The second-order valence-corrected chi connectivity index (χ2v) is 11.9. The summed E-state index contributed by atoms with van der Waals surface area (Å²) >= 11 is 0. The molecule has 0 spiro atoms. The van der Waals surface area contributed by atoms with Crippen molar-refractivity contribution in [1.82, 2.24) is 25.8 Å². The molecule has 5 rings (SSSR count). The summed E-state index contributed by atoms with van der Waals surface area (Å²) < 4.78 is 44.2. The molecule has 2 aromatic rings. The Morgan fingerprint density at radius 3 is 2.43 bits per heavy atom. The minimum atomic E-state index is -4.53. The Balaban J connectivity index is 1.25. The van der Waals surface area contributed by atoms with Gasteiger partial charge in [0.2, 0.25) is 17.6 Å². The molecule has 3 N–H and O–H groups in total. The molecule has 3 heterocycles. The van der Waals surface area contributed by atoms with E-state index in [4.69, 9.17) is 4.74 Å². The zero-order valence-electron chi connectivity index (χ0n) is 25.3. The second-order valence-electron chi connectivity index (χ2n) is 11.9. The lowest BCUT2D eigenvalue weighted by atomic mass is 9.91. The number of likely N-dealkylation sites (tertiary alicyclic amines) is 1. The molecule has 3 aliphatic rings. The fraction of sp³-hybridized carbons (Fsp3) is 0.500. The Morgan fingerprint density at radius 2 is 1.80 bits per heavy atom. The van der Waals surface area contributed by atoms with Gasteiger partial charge in [-0.25, -0.2) is 0 Å². The first-order chi connectivity index (χ1) is 22.0. The van der Waals surface area contributed by atoms with Crippen molar-refractivity contribution in [2.24, 2.45) is 17.8 Å². The first-order valence-electron chi connectivity index (χ1n) is 15.4. The number of alkyl halides is 3. The highest BCUT2D eigenvalue weighted by Crippen LogP contribution is 2.42. The van der Waals surface area contributed by atoms with Crippen molar-refractivity contribution in [2.45, 2.75) is 57.3 Å². The lowest BCUT2D eigenvalue weighted by Gasteiger charge is -2.29. The normalized spacial score (nSPS) is 23.0. The van der Waals surface area contributed by atoms with Gasteiger partial charge in [-0.3, -0.25) is 29.0 Å². The quantitative estimate of drug-likeness (QED) is 0.319. The monoisotopic (exact) mass is 643 g/mol. The van der Waals surface area contributed by atoms with Gasteiger partial charge >= 0.3 is 6.18 Å². The number of aromatic nitrogens is 1. The highest BCUT2D eigenvalue weighted by Gasteiger charge is 2.50. The summed E-state index contributed by atoms with van der Waals surface area (Å²) in [6.07, 6.45) is -0.461. The molecule has 2 saturated heterocycles. The van der Waals surface area contributed by atoms with Crippen LogP contribution in [0.2, 0.25) is 0 Å². The molecule has 46 heavy (non-hydrogen) atoms. The van der Waals surface area contributed by atoms with E-state index in [1.807, 2.05) is 0 Å². The topological polar surface area (TPSA) is 147 Å². The van der Waals surface area contributed by atoms with E-state index in [1.54, 1.807) is 31.2 Å². The number of Topliss-reactive ketones (excluding diaryl/α,β-unsaturated/α-hetero) is 1. The van der Waals surface area contributed by atoms with E-state index in [9.17, 15) is 37.1 Å². The van der Waals surface area contributed by atoms with Gasteiger partial charge < -0.3 is 25.6 Å². The van der Waals surface area contributed by atoms with Crippen molar-refractivity contribution in [3.05, 3.63) is 48.3 Å². The molecule has 0 unspecified atom stereocenters. The van der Waals surface area contributed by atoms with Gasteiger partial charge in [0.15, 0.2) is 6.61 Å². The van der Waals surface area contributed by atoms with Gasteiger partial charge in [0, 0.05) is 37.3 Å². The molecule has 11 nitrogen and oxygen atoms in total. The molecule has 14 heteroatoms. The van der Waals surface area contributed by atoms with E-state index in [0.717, 1.165) is 31.5 Å². The third kappa shape index (κ3) is 7.31. The minimum absolute atomic E-state index is 0.0239. The third-order valence-corrected chi connectivity index (χ3v) is 8.96. The first kappa shape index (κ1) is 32.9. The number of rotatable bonds is 11. The van der Waals surface area contributed by atoms with Crippen LogP contribution in [0.3, 0.4) is 0 Å². The highest BCUT2D eigenvalue weighted by atomic mass is 19.4. The van der Waals surface area contributed by atoms with Gasteiger partial charge in [-0.2, -0.15) is 13.2 Å². The summed E-state index contributed by atoms with van der Waals surface area (Å²) in [5.74, 6) is -3.08. The lowest BCUT2D eigenvalue weighted by molar-refractivity contribution is -0.143. The molecule has 1 aromatic carbocycles. The van der Waals surface area contributed by atoms with Gasteiger partial charge in [0.25, 0.3) is 11.8 Å². The van der Waals surface area contributed by atoms with Crippen LogP contribution in [0.4, 0.5) is 13.2 Å². The average Bonchev–Trinajstić information content (AvgIpc) is 3.75. The number of pyridine rings is 1. The maximum absolute atomic E-state index is 13.8. The number of halogens is 3. The predicted molar refractivity (Wildman–Crippen MR) is 158 cm³/mol. The number of carbonyl (C=O) groups is 5. The Kier molecular flexibility index (Phi) is 9.92. The summed E-state index contributed by atoms with van der Waals surface area (Å²) in [6, 6.07) is 6.58. The van der Waals surface area contributed by atoms with Crippen LogP contribution in [0.5, 0.6) is 5.75 Å². The standard InChI is InChI=1S/C32H36F3N5O6/c1-2-36-31(45)28(42)24(14-19-12-13-37-29(19)43)39-30(44)27-23-5-3-4-21(23)16-40(27)26(41)17-46-22-9-6-18(7-10-22)20-8-11-25(38-15-20)32(33,34)35/h6-11,15,19,21,23-24,27H,2-5,12-14,16-17H2,1H3,(H,36,45)(H,37,43)(H,39,44)/t19-,21-,23-,24-,27-/m0/s1. The predicted octanol–water partition coefficient (Wildman–Crippen LogP) is 2.49. The average molecular weight is 644 g/mol.